The van der Waals surface area contributed by atoms with E-state index >= 15 is 0 Å². The van der Waals surface area contributed by atoms with Crippen LogP contribution >= 0.6 is 45.5 Å². The van der Waals surface area contributed by atoms with Crippen molar-refractivity contribution in [3.8, 4) is 11.4 Å². The molecule has 1 aliphatic rings. The molecule has 0 spiro atoms. The van der Waals surface area contributed by atoms with Crippen molar-refractivity contribution < 1.29 is 14.3 Å². The van der Waals surface area contributed by atoms with Gasteiger partial charge in [0.25, 0.3) is 5.56 Å². The maximum Gasteiger partial charge on any atom is 0.338 e. The average Bonchev–Trinajstić information content (AvgIpc) is 3.42. The van der Waals surface area contributed by atoms with E-state index in [9.17, 15) is 9.59 Å². The van der Waals surface area contributed by atoms with Crippen molar-refractivity contribution in [2.75, 3.05) is 13.7 Å². The van der Waals surface area contributed by atoms with Crippen LogP contribution in [-0.2, 0) is 9.53 Å². The van der Waals surface area contributed by atoms with Crippen LogP contribution in [0.4, 0.5) is 0 Å². The molecule has 0 saturated heterocycles. The number of benzene rings is 2. The summed E-state index contributed by atoms with van der Waals surface area (Å²) in [6, 6.07) is 14.8. The molecule has 4 aromatic rings. The Hall–Kier alpha value is -3.15. The van der Waals surface area contributed by atoms with Gasteiger partial charge in [-0.15, -0.1) is 0 Å². The lowest BCUT2D eigenvalue weighted by atomic mass is 9.93. The third-order valence-corrected chi connectivity index (χ3v) is 9.16. The molecule has 0 aliphatic carbocycles. The van der Waals surface area contributed by atoms with Crippen LogP contribution in [0.15, 0.2) is 69.6 Å². The minimum atomic E-state index is -0.808. The second-order valence-corrected chi connectivity index (χ2v) is 12.6. The van der Waals surface area contributed by atoms with Gasteiger partial charge in [0.15, 0.2) is 4.80 Å². The first kappa shape index (κ1) is 30.3. The van der Waals surface area contributed by atoms with E-state index in [1.54, 1.807) is 36.8 Å². The molecule has 0 fully saturated rings. The highest BCUT2D eigenvalue weighted by atomic mass is 127. The Labute approximate surface area is 266 Å². The minimum Gasteiger partial charge on any atom is -0.496 e. The van der Waals surface area contributed by atoms with E-state index in [1.807, 2.05) is 19.9 Å². The Kier molecular flexibility index (Phi) is 9.10. The molecule has 218 valence electrons. The molecule has 2 aromatic carbocycles. The number of aryl methyl sites for hydroxylation is 1. The zero-order valence-electron chi connectivity index (χ0n) is 24.0. The summed E-state index contributed by atoms with van der Waals surface area (Å²) in [5.74, 6) is 0.00618. The zero-order chi connectivity index (χ0) is 30.1. The summed E-state index contributed by atoms with van der Waals surface area (Å²) >= 11 is 10.1. The molecule has 10 heteroatoms. The minimum absolute atomic E-state index is 0.196. The van der Waals surface area contributed by atoms with Crippen LogP contribution < -0.4 is 19.6 Å². The van der Waals surface area contributed by atoms with E-state index in [-0.39, 0.29) is 12.2 Å². The number of thiazole rings is 1. The largest absolute Gasteiger partial charge is 0.496 e. The summed E-state index contributed by atoms with van der Waals surface area (Å²) < 4.78 is 16.6. The van der Waals surface area contributed by atoms with Crippen molar-refractivity contribution in [1.82, 2.24) is 9.13 Å². The first-order valence-corrected chi connectivity index (χ1v) is 16.0. The number of halogens is 2. The van der Waals surface area contributed by atoms with Crippen LogP contribution in [0.1, 0.15) is 55.2 Å². The Balaban J connectivity index is 1.76. The van der Waals surface area contributed by atoms with E-state index in [0.29, 0.717) is 43.4 Å². The van der Waals surface area contributed by atoms with Crippen molar-refractivity contribution in [3.63, 3.8) is 0 Å². The van der Waals surface area contributed by atoms with Crippen LogP contribution in [0.3, 0.4) is 0 Å². The van der Waals surface area contributed by atoms with Crippen molar-refractivity contribution in [2.24, 2.45) is 4.99 Å². The second-order valence-electron chi connectivity index (χ2n) is 9.94. The van der Waals surface area contributed by atoms with E-state index in [1.165, 1.54) is 11.3 Å². The number of aromatic nitrogens is 2. The molecule has 0 radical (unpaired) electrons. The number of methoxy groups -OCH3 is 1. The third kappa shape index (κ3) is 5.61. The van der Waals surface area contributed by atoms with Crippen molar-refractivity contribution >= 4 is 57.6 Å². The normalized spacial score (nSPS) is 15.0. The molecule has 0 N–H and O–H groups in total. The molecule has 2 aromatic heterocycles. The Morgan fingerprint density at radius 3 is 2.55 bits per heavy atom. The molecule has 0 bridgehead atoms. The quantitative estimate of drug-likeness (QED) is 0.160. The third-order valence-electron chi connectivity index (χ3n) is 7.22. The molecule has 3 heterocycles. The van der Waals surface area contributed by atoms with Gasteiger partial charge in [-0.3, -0.25) is 9.36 Å². The summed E-state index contributed by atoms with van der Waals surface area (Å²) in [5.41, 5.74) is 5.36. The van der Waals surface area contributed by atoms with Crippen LogP contribution in [0.5, 0.6) is 5.75 Å². The van der Waals surface area contributed by atoms with E-state index in [0.717, 1.165) is 32.6 Å². The van der Waals surface area contributed by atoms with Gasteiger partial charge in [-0.05, 0) is 110 Å². The Morgan fingerprint density at radius 2 is 1.88 bits per heavy atom. The van der Waals surface area contributed by atoms with Gasteiger partial charge in [0, 0.05) is 31.2 Å². The van der Waals surface area contributed by atoms with Crippen LogP contribution in [0, 0.1) is 17.4 Å². The molecule has 1 aliphatic heterocycles. The lowest BCUT2D eigenvalue weighted by Gasteiger charge is -2.27. The van der Waals surface area contributed by atoms with E-state index in [2.05, 4.69) is 64.4 Å². The fourth-order valence-electron chi connectivity index (χ4n) is 5.40. The first-order chi connectivity index (χ1) is 20.2. The maximum atomic E-state index is 14.2. The monoisotopic (exact) mass is 715 g/mol. The molecule has 0 saturated carbocycles. The fraction of sp³-hybridized carbons (Fsp3) is 0.281. The second kappa shape index (κ2) is 12.6. The first-order valence-electron chi connectivity index (χ1n) is 13.7. The van der Waals surface area contributed by atoms with Gasteiger partial charge in [0.1, 0.15) is 11.8 Å². The van der Waals surface area contributed by atoms with E-state index in [4.69, 9.17) is 26.1 Å². The van der Waals surface area contributed by atoms with Crippen LogP contribution in [0.25, 0.3) is 11.8 Å². The van der Waals surface area contributed by atoms with Crippen molar-refractivity contribution in [2.45, 2.75) is 46.6 Å². The number of allylic oxidation sites excluding steroid dienone is 1. The lowest BCUT2D eigenvalue weighted by Crippen LogP contribution is -2.40. The molecule has 1 atom stereocenters. The molecular formula is C32H31ClIN3O4S. The standard InChI is InChI=1S/C32H31ClIN3O4S/c1-6-8-25-28(31(39)41-7-2)29(24-17-21(33)9-14-26(24)40-5)37-30(38)27(42-32(37)35-25)16-20-15-18(3)36(19(20)4)23-12-10-22(34)11-13-23/h9-17,29H,6-8H2,1-5H3/b27-16+/t29-/m1/s1. The maximum absolute atomic E-state index is 14.2. The molecule has 7 nitrogen and oxygen atoms in total. The number of rotatable bonds is 8. The summed E-state index contributed by atoms with van der Waals surface area (Å²) in [5, 5.41) is 0.466. The van der Waals surface area contributed by atoms with Gasteiger partial charge in [-0.1, -0.05) is 36.3 Å². The van der Waals surface area contributed by atoms with Crippen molar-refractivity contribution in [3.05, 3.63) is 111 Å². The number of ether oxygens (including phenoxy) is 2. The zero-order valence-corrected chi connectivity index (χ0v) is 27.8. The summed E-state index contributed by atoms with van der Waals surface area (Å²) in [7, 11) is 1.56. The molecule has 5 rings (SSSR count). The summed E-state index contributed by atoms with van der Waals surface area (Å²) in [6.45, 7) is 8.08. The smallest absolute Gasteiger partial charge is 0.338 e. The predicted octanol–water partition coefficient (Wildman–Crippen LogP) is 6.25. The summed E-state index contributed by atoms with van der Waals surface area (Å²) in [4.78, 5) is 33.1. The highest BCUT2D eigenvalue weighted by molar-refractivity contribution is 14.1. The molecular weight excluding hydrogens is 685 g/mol. The van der Waals surface area contributed by atoms with E-state index < -0.39 is 12.0 Å². The number of nitrogens with zero attached hydrogens (tertiary/aromatic N) is 3. The van der Waals surface area contributed by atoms with Crippen LogP contribution in [-0.4, -0.2) is 28.8 Å². The molecule has 42 heavy (non-hydrogen) atoms. The SMILES string of the molecule is CCCC1=C(C(=O)OCC)[C@@H](c2cc(Cl)ccc2OC)n2c(s/c(=C/c3cc(C)n(-c4ccc(I)cc4)c3C)c2=O)=N1. The number of esters is 1. The predicted molar refractivity (Wildman–Crippen MR) is 176 cm³/mol. The van der Waals surface area contributed by atoms with Gasteiger partial charge in [-0.25, -0.2) is 9.79 Å². The molecule has 0 amide bonds. The van der Waals surface area contributed by atoms with Gasteiger partial charge >= 0.3 is 5.97 Å². The lowest BCUT2D eigenvalue weighted by molar-refractivity contribution is -0.139. The Bertz CT molecular complexity index is 1890. The van der Waals surface area contributed by atoms with Crippen LogP contribution in [0.2, 0.25) is 5.02 Å². The number of carbonyl (C=O) groups is 1. The number of fused-ring (bicyclic) bond motifs is 1. The topological polar surface area (TPSA) is 74.8 Å². The average molecular weight is 716 g/mol. The summed E-state index contributed by atoms with van der Waals surface area (Å²) in [6.07, 6.45) is 3.23. The van der Waals surface area contributed by atoms with Gasteiger partial charge < -0.3 is 14.0 Å². The highest BCUT2D eigenvalue weighted by Crippen LogP contribution is 2.38. The highest BCUT2D eigenvalue weighted by Gasteiger charge is 2.36. The van der Waals surface area contributed by atoms with Crippen molar-refractivity contribution in [1.29, 1.82) is 0 Å². The van der Waals surface area contributed by atoms with Gasteiger partial charge in [0.2, 0.25) is 0 Å². The Morgan fingerprint density at radius 1 is 1.14 bits per heavy atom. The van der Waals surface area contributed by atoms with Gasteiger partial charge in [-0.2, -0.15) is 0 Å². The fourth-order valence-corrected chi connectivity index (χ4v) is 6.95. The number of hydrogen-bond acceptors (Lipinski definition) is 6. The molecule has 0 unspecified atom stereocenters. The number of hydrogen-bond donors (Lipinski definition) is 0. The number of carbonyl (C=O) groups excluding carboxylic acids is 1. The van der Waals surface area contributed by atoms with Gasteiger partial charge in [0.05, 0.1) is 29.5 Å².